The molecule has 2 saturated heterocycles. The third-order valence-electron chi connectivity index (χ3n) is 12.5. The minimum Gasteiger partial charge on any atom is -0.374 e. The molecule has 9 rings (SSSR count). The Balaban J connectivity index is 1.11. The van der Waals surface area contributed by atoms with Gasteiger partial charge in [0.2, 0.25) is 11.8 Å². The molecule has 2 aliphatic carbocycles. The molecule has 4 fully saturated rings. The van der Waals surface area contributed by atoms with E-state index in [-0.39, 0.29) is 28.6 Å². The number of carbonyl (C=O) groups excluding carboxylic acids is 2. The summed E-state index contributed by atoms with van der Waals surface area (Å²) in [5.41, 5.74) is 4.75. The van der Waals surface area contributed by atoms with Crippen molar-refractivity contribution in [2.24, 2.45) is 0 Å². The molecule has 3 N–H and O–H groups in total. The smallest absolute Gasteiger partial charge is 0.238 e. The van der Waals surface area contributed by atoms with Crippen LogP contribution in [0.2, 0.25) is 5.02 Å². The third kappa shape index (κ3) is 5.89. The van der Waals surface area contributed by atoms with Crippen LogP contribution >= 0.6 is 11.6 Å². The number of rotatable bonds is 8. The molecule has 4 aromatic rings. The van der Waals surface area contributed by atoms with E-state index in [2.05, 4.69) is 37.1 Å². The summed E-state index contributed by atoms with van der Waals surface area (Å²) < 4.78 is 17.6. The van der Waals surface area contributed by atoms with Crippen molar-refractivity contribution >= 4 is 51.6 Å². The van der Waals surface area contributed by atoms with Gasteiger partial charge in [-0.05, 0) is 101 Å². The number of nitrogens with zero attached hydrogens (tertiary/aromatic N) is 6. The second-order valence-electron chi connectivity index (χ2n) is 15.6. The second kappa shape index (κ2) is 13.3. The largest absolute Gasteiger partial charge is 0.374 e. The number of hydrogen-bond donors (Lipinski definition) is 3. The van der Waals surface area contributed by atoms with Crippen LogP contribution in [0.5, 0.6) is 0 Å². The van der Waals surface area contributed by atoms with E-state index in [1.165, 1.54) is 31.4 Å². The van der Waals surface area contributed by atoms with Crippen LogP contribution in [0.15, 0.2) is 42.7 Å². The van der Waals surface area contributed by atoms with Crippen molar-refractivity contribution in [3.63, 3.8) is 0 Å². The highest BCUT2D eigenvalue weighted by Gasteiger charge is 2.55. The number of pyridine rings is 1. The van der Waals surface area contributed by atoms with Gasteiger partial charge >= 0.3 is 0 Å². The van der Waals surface area contributed by atoms with Crippen molar-refractivity contribution in [1.82, 2.24) is 29.7 Å². The van der Waals surface area contributed by atoms with Crippen LogP contribution in [-0.2, 0) is 15.0 Å². The first-order valence-electron chi connectivity index (χ1n) is 19.1. The fourth-order valence-electron chi connectivity index (χ4n) is 9.23. The quantitative estimate of drug-likeness (QED) is 0.177. The fourth-order valence-corrected chi connectivity index (χ4v) is 9.48. The predicted octanol–water partition coefficient (Wildman–Crippen LogP) is 6.42. The maximum atomic E-state index is 15.5. The highest BCUT2D eigenvalue weighted by atomic mass is 35.5. The zero-order chi connectivity index (χ0) is 36.6. The molecule has 2 aromatic heterocycles. The minimum atomic E-state index is -1.08. The van der Waals surface area contributed by atoms with Crippen LogP contribution in [-0.4, -0.2) is 86.6 Å². The molecule has 5 aliphatic rings. The zero-order valence-electron chi connectivity index (χ0n) is 30.2. The first kappa shape index (κ1) is 34.7. The average Bonchev–Trinajstić information content (AvgIpc) is 3.86. The lowest BCUT2D eigenvalue weighted by Gasteiger charge is -2.48. The number of fused-ring (bicyclic) bond motifs is 3. The molecule has 5 heterocycles. The SMILES string of the molecule is CNC(O)c1cc(Nc2nc(-c3ccc4c(c3)N([C@H]3C[C@@H](N5CCCCC5)C3)C(=O)C43CCN(C(C)=O)CC3)cc3ncn(C4CC4)c23)c(F)cc1Cl. The van der Waals surface area contributed by atoms with E-state index in [1.807, 2.05) is 23.4 Å². The molecular formula is C40H46ClFN8O3. The minimum absolute atomic E-state index is 0.0454. The summed E-state index contributed by atoms with van der Waals surface area (Å²) in [7, 11) is 1.60. The molecule has 11 nitrogen and oxygen atoms in total. The number of benzene rings is 2. The number of carbonyl (C=O) groups is 2. The molecule has 3 aliphatic heterocycles. The Kier molecular flexibility index (Phi) is 8.72. The van der Waals surface area contributed by atoms with Crippen molar-refractivity contribution in [1.29, 1.82) is 0 Å². The summed E-state index contributed by atoms with van der Waals surface area (Å²) in [4.78, 5) is 43.5. The topological polar surface area (TPSA) is 119 Å². The number of anilines is 3. The normalized spacial score (nSPS) is 23.4. The van der Waals surface area contributed by atoms with E-state index < -0.39 is 17.5 Å². The van der Waals surface area contributed by atoms with Crippen LogP contribution in [0.3, 0.4) is 0 Å². The Morgan fingerprint density at radius 1 is 1.02 bits per heavy atom. The molecule has 0 bridgehead atoms. The van der Waals surface area contributed by atoms with Gasteiger partial charge in [0.15, 0.2) is 5.82 Å². The fraction of sp³-hybridized carbons (Fsp3) is 0.500. The lowest BCUT2D eigenvalue weighted by Crippen LogP contribution is -2.58. The number of aliphatic hydroxyl groups is 1. The molecule has 53 heavy (non-hydrogen) atoms. The van der Waals surface area contributed by atoms with Crippen LogP contribution in [0.4, 0.5) is 21.6 Å². The number of nitrogens with one attached hydrogen (secondary N) is 2. The highest BCUT2D eigenvalue weighted by Crippen LogP contribution is 2.52. The summed E-state index contributed by atoms with van der Waals surface area (Å²) in [6.07, 6.45) is 9.68. The van der Waals surface area contributed by atoms with E-state index >= 15 is 4.39 Å². The Labute approximate surface area is 313 Å². The number of aliphatic hydroxyl groups excluding tert-OH is 1. The maximum absolute atomic E-state index is 15.5. The van der Waals surface area contributed by atoms with Crippen molar-refractivity contribution in [3.05, 3.63) is 64.7 Å². The van der Waals surface area contributed by atoms with Gasteiger partial charge in [-0.3, -0.25) is 14.9 Å². The van der Waals surface area contributed by atoms with Gasteiger partial charge < -0.3 is 29.7 Å². The Hall–Kier alpha value is -4.10. The number of amides is 2. The predicted molar refractivity (Wildman–Crippen MR) is 203 cm³/mol. The number of piperidine rings is 2. The summed E-state index contributed by atoms with van der Waals surface area (Å²) in [5, 5.41) is 16.6. The Morgan fingerprint density at radius 3 is 2.47 bits per heavy atom. The lowest BCUT2D eigenvalue weighted by atomic mass is 9.73. The summed E-state index contributed by atoms with van der Waals surface area (Å²) >= 11 is 6.32. The molecule has 278 valence electrons. The van der Waals surface area contributed by atoms with Gasteiger partial charge in [0.1, 0.15) is 17.6 Å². The number of hydrogen-bond acceptors (Lipinski definition) is 8. The Bertz CT molecular complexity index is 2100. The standard InChI is InChI=1S/C40H46ClFN8O3/c1-23(51)47-14-10-40(11-15-47)29-9-6-24(16-35(29)50(39(40)53)27-17-26(18-27)48-12-4-3-5-13-48)32-21-34-36(49(22-44-34)25-7-8-25)37(45-32)46-33-19-28(38(52)43-2)30(41)20-31(33)42/h6,9,16,19-22,25-27,38,43,52H,3-5,7-8,10-15,17-18H2,1-2H3,(H,45,46)/t26-,27+,38?. The third-order valence-corrected chi connectivity index (χ3v) is 12.8. The number of imidazole rings is 1. The van der Waals surface area contributed by atoms with Crippen molar-refractivity contribution < 1.29 is 19.1 Å². The second-order valence-corrected chi connectivity index (χ2v) is 16.1. The van der Waals surface area contributed by atoms with Gasteiger partial charge in [-0.25, -0.2) is 14.4 Å². The highest BCUT2D eigenvalue weighted by molar-refractivity contribution is 6.31. The monoisotopic (exact) mass is 740 g/mol. The molecular weight excluding hydrogens is 695 g/mol. The van der Waals surface area contributed by atoms with E-state index in [1.54, 1.807) is 14.0 Å². The number of halogens is 2. The summed E-state index contributed by atoms with van der Waals surface area (Å²) in [5.74, 6) is 0.0691. The van der Waals surface area contributed by atoms with Crippen molar-refractivity contribution in [3.8, 4) is 11.3 Å². The van der Waals surface area contributed by atoms with Gasteiger partial charge in [0.05, 0.1) is 33.7 Å². The van der Waals surface area contributed by atoms with E-state index in [0.717, 1.165) is 66.6 Å². The van der Waals surface area contributed by atoms with Crippen LogP contribution in [0.25, 0.3) is 22.3 Å². The molecule has 0 radical (unpaired) electrons. The first-order valence-corrected chi connectivity index (χ1v) is 19.5. The van der Waals surface area contributed by atoms with Gasteiger partial charge in [0, 0.05) is 55.0 Å². The first-order chi connectivity index (χ1) is 25.6. The number of aromatic nitrogens is 3. The molecule has 13 heteroatoms. The zero-order valence-corrected chi connectivity index (χ0v) is 31.0. The Morgan fingerprint density at radius 2 is 1.77 bits per heavy atom. The van der Waals surface area contributed by atoms with Crippen LogP contribution in [0, 0.1) is 5.82 Å². The van der Waals surface area contributed by atoms with E-state index in [0.29, 0.717) is 55.1 Å². The van der Waals surface area contributed by atoms with Gasteiger partial charge in [0.25, 0.3) is 0 Å². The van der Waals surface area contributed by atoms with Crippen LogP contribution in [0.1, 0.15) is 88.1 Å². The summed E-state index contributed by atoms with van der Waals surface area (Å²) in [6.45, 7) is 4.98. The lowest BCUT2D eigenvalue weighted by molar-refractivity contribution is -0.134. The number of likely N-dealkylation sites (tertiary alicyclic amines) is 2. The average molecular weight is 741 g/mol. The molecule has 2 saturated carbocycles. The van der Waals surface area contributed by atoms with Crippen LogP contribution < -0.4 is 15.5 Å². The molecule has 1 unspecified atom stereocenters. The van der Waals surface area contributed by atoms with E-state index in [4.69, 9.17) is 21.6 Å². The molecule has 2 aromatic carbocycles. The maximum Gasteiger partial charge on any atom is 0.238 e. The summed E-state index contributed by atoms with van der Waals surface area (Å²) in [6, 6.07) is 11.8. The van der Waals surface area contributed by atoms with E-state index in [9.17, 15) is 14.7 Å². The van der Waals surface area contributed by atoms with Crippen molar-refractivity contribution in [2.45, 2.75) is 94.5 Å². The van der Waals surface area contributed by atoms with Gasteiger partial charge in [-0.1, -0.05) is 30.2 Å². The van der Waals surface area contributed by atoms with Crippen molar-refractivity contribution in [2.75, 3.05) is 43.4 Å². The van der Waals surface area contributed by atoms with Gasteiger partial charge in [-0.2, -0.15) is 0 Å². The van der Waals surface area contributed by atoms with Gasteiger partial charge in [-0.15, -0.1) is 0 Å². The molecule has 2 amide bonds. The molecule has 1 spiro atoms. The molecule has 1 atom stereocenters.